The van der Waals surface area contributed by atoms with Crippen molar-refractivity contribution in [3.8, 4) is 0 Å². The number of aryl methyl sites for hydroxylation is 1. The Morgan fingerprint density at radius 1 is 1.31 bits per heavy atom. The van der Waals surface area contributed by atoms with E-state index >= 15 is 0 Å². The summed E-state index contributed by atoms with van der Waals surface area (Å²) in [6, 6.07) is 3.85. The molecule has 1 atom stereocenters. The highest BCUT2D eigenvalue weighted by Gasteiger charge is 2.25. The first-order valence-electron chi connectivity index (χ1n) is 9.68. The Morgan fingerprint density at radius 3 is 2.65 bits per heavy atom. The molecule has 0 spiro atoms. The van der Waals surface area contributed by atoms with Crippen molar-refractivity contribution >= 4 is 16.9 Å². The van der Waals surface area contributed by atoms with Gasteiger partial charge in [0.1, 0.15) is 0 Å². The summed E-state index contributed by atoms with van der Waals surface area (Å²) in [5.41, 5.74) is 9.01. The molecule has 1 aliphatic carbocycles. The number of hydrogen-bond donors (Lipinski definition) is 1. The van der Waals surface area contributed by atoms with Gasteiger partial charge in [-0.25, -0.2) is 4.98 Å². The molecule has 2 aliphatic rings. The number of rotatable bonds is 4. The van der Waals surface area contributed by atoms with E-state index in [1.807, 2.05) is 24.5 Å². The van der Waals surface area contributed by atoms with Crippen molar-refractivity contribution in [2.75, 3.05) is 31.2 Å². The number of hydrogen-bond acceptors (Lipinski definition) is 5. The van der Waals surface area contributed by atoms with E-state index in [-0.39, 0.29) is 11.6 Å². The first kappa shape index (κ1) is 17.5. The van der Waals surface area contributed by atoms with Crippen LogP contribution in [0.15, 0.2) is 16.9 Å². The van der Waals surface area contributed by atoms with Crippen LogP contribution in [0.3, 0.4) is 0 Å². The van der Waals surface area contributed by atoms with E-state index in [1.165, 1.54) is 19.3 Å². The fraction of sp³-hybridized carbons (Fsp3) is 0.600. The highest BCUT2D eigenvalue weighted by atomic mass is 16.5. The summed E-state index contributed by atoms with van der Waals surface area (Å²) in [4.78, 5) is 20.6. The molecule has 4 rings (SSSR count). The number of benzene rings is 1. The lowest BCUT2D eigenvalue weighted by Crippen LogP contribution is -2.41. The third kappa shape index (κ3) is 3.12. The summed E-state index contributed by atoms with van der Waals surface area (Å²) >= 11 is 0. The number of anilines is 1. The fourth-order valence-corrected chi connectivity index (χ4v) is 3.94. The number of ether oxygens (including phenoxy) is 1. The zero-order valence-corrected chi connectivity index (χ0v) is 15.7. The lowest BCUT2D eigenvalue weighted by molar-refractivity contribution is 0.121. The quantitative estimate of drug-likeness (QED) is 0.910. The van der Waals surface area contributed by atoms with Crippen molar-refractivity contribution in [1.82, 2.24) is 9.55 Å². The number of morpholine rings is 1. The average Bonchev–Trinajstić information content (AvgIpc) is 2.59. The second-order valence-corrected chi connectivity index (χ2v) is 7.76. The Morgan fingerprint density at radius 2 is 2.04 bits per heavy atom. The summed E-state index contributed by atoms with van der Waals surface area (Å²) in [6.45, 7) is 7.60. The van der Waals surface area contributed by atoms with Crippen LogP contribution in [0, 0.1) is 12.8 Å². The van der Waals surface area contributed by atoms with Gasteiger partial charge in [-0.2, -0.15) is 0 Å². The predicted octanol–water partition coefficient (Wildman–Crippen LogP) is 2.36. The normalized spacial score (nSPS) is 19.6. The molecule has 1 aromatic carbocycles. The van der Waals surface area contributed by atoms with Crippen molar-refractivity contribution < 1.29 is 4.74 Å². The molecule has 26 heavy (non-hydrogen) atoms. The van der Waals surface area contributed by atoms with Gasteiger partial charge in [-0.3, -0.25) is 9.36 Å². The van der Waals surface area contributed by atoms with Crippen LogP contribution in [0.25, 0.3) is 10.9 Å². The molecule has 1 aliphatic heterocycles. The molecule has 0 amide bonds. The Hall–Kier alpha value is -1.92. The van der Waals surface area contributed by atoms with Gasteiger partial charge in [-0.1, -0.05) is 12.5 Å². The van der Waals surface area contributed by atoms with E-state index in [0.717, 1.165) is 42.2 Å². The van der Waals surface area contributed by atoms with Gasteiger partial charge in [0.15, 0.2) is 0 Å². The maximum Gasteiger partial charge on any atom is 0.262 e. The smallest absolute Gasteiger partial charge is 0.262 e. The molecule has 1 saturated heterocycles. The third-order valence-electron chi connectivity index (χ3n) is 5.66. The van der Waals surface area contributed by atoms with Gasteiger partial charge in [0.2, 0.25) is 5.95 Å². The predicted molar refractivity (Wildman–Crippen MR) is 104 cm³/mol. The number of aromatic nitrogens is 2. The van der Waals surface area contributed by atoms with Crippen molar-refractivity contribution in [3.05, 3.63) is 33.6 Å². The van der Waals surface area contributed by atoms with E-state index < -0.39 is 0 Å². The van der Waals surface area contributed by atoms with E-state index in [0.29, 0.717) is 24.5 Å². The molecular weight excluding hydrogens is 328 g/mol. The van der Waals surface area contributed by atoms with Gasteiger partial charge in [0.05, 0.1) is 24.1 Å². The van der Waals surface area contributed by atoms with E-state index in [1.54, 1.807) is 0 Å². The van der Waals surface area contributed by atoms with Crippen LogP contribution >= 0.6 is 0 Å². The molecule has 1 aromatic heterocycles. The highest BCUT2D eigenvalue weighted by molar-refractivity contribution is 5.83. The molecule has 2 heterocycles. The lowest BCUT2D eigenvalue weighted by atomic mass is 9.85. The van der Waals surface area contributed by atoms with Gasteiger partial charge in [0.25, 0.3) is 5.56 Å². The zero-order valence-electron chi connectivity index (χ0n) is 15.7. The van der Waals surface area contributed by atoms with Crippen LogP contribution in [0.4, 0.5) is 5.95 Å². The number of nitrogens with two attached hydrogens (primary N) is 1. The summed E-state index contributed by atoms with van der Waals surface area (Å²) in [5.74, 6) is 1.37. The second-order valence-electron chi connectivity index (χ2n) is 7.76. The Balaban J connectivity index is 1.92. The Bertz CT molecular complexity index is 864. The van der Waals surface area contributed by atoms with Crippen LogP contribution in [0.2, 0.25) is 0 Å². The van der Waals surface area contributed by atoms with E-state index in [9.17, 15) is 4.79 Å². The van der Waals surface area contributed by atoms with Crippen LogP contribution in [0.5, 0.6) is 0 Å². The summed E-state index contributed by atoms with van der Waals surface area (Å²) in [6.07, 6.45) is 3.67. The number of fused-ring (bicyclic) bond motifs is 1. The molecule has 6 nitrogen and oxygen atoms in total. The molecular formula is C20H28N4O2. The minimum Gasteiger partial charge on any atom is -0.378 e. The molecule has 0 bridgehead atoms. The lowest BCUT2D eigenvalue weighted by Gasteiger charge is -2.33. The highest BCUT2D eigenvalue weighted by Crippen LogP contribution is 2.30. The summed E-state index contributed by atoms with van der Waals surface area (Å²) in [7, 11) is 0. The maximum absolute atomic E-state index is 13.4. The standard InChI is InChI=1S/C20H28N4O2/c1-13-10-16(14(2)21)18-17(11-13)19(25)24(12-15-4-3-5-15)20(22-18)23-6-8-26-9-7-23/h10-11,14-15H,3-9,12,21H2,1-2H3. The molecule has 2 fully saturated rings. The van der Waals surface area contributed by atoms with Crippen molar-refractivity contribution in [3.63, 3.8) is 0 Å². The molecule has 2 aromatic rings. The first-order valence-corrected chi connectivity index (χ1v) is 9.68. The minimum atomic E-state index is -0.163. The van der Waals surface area contributed by atoms with E-state index in [4.69, 9.17) is 15.5 Å². The molecule has 140 valence electrons. The van der Waals surface area contributed by atoms with Crippen molar-refractivity contribution in [2.24, 2.45) is 11.7 Å². The summed E-state index contributed by atoms with van der Waals surface area (Å²) < 4.78 is 7.40. The molecule has 1 unspecified atom stereocenters. The zero-order chi connectivity index (χ0) is 18.3. The Labute approximate surface area is 154 Å². The molecule has 2 N–H and O–H groups in total. The molecule has 1 saturated carbocycles. The monoisotopic (exact) mass is 356 g/mol. The number of nitrogens with zero attached hydrogens (tertiary/aromatic N) is 3. The van der Waals surface area contributed by atoms with Crippen LogP contribution in [-0.4, -0.2) is 35.9 Å². The maximum atomic E-state index is 13.4. The van der Waals surface area contributed by atoms with Crippen LogP contribution in [-0.2, 0) is 11.3 Å². The Kier molecular flexibility index (Phi) is 4.71. The SMILES string of the molecule is Cc1cc(C(C)N)c2nc(N3CCOCC3)n(CC3CCC3)c(=O)c2c1. The molecule has 6 heteroatoms. The van der Waals surface area contributed by atoms with Crippen LogP contribution in [0.1, 0.15) is 43.4 Å². The van der Waals surface area contributed by atoms with E-state index in [2.05, 4.69) is 11.0 Å². The summed E-state index contributed by atoms with van der Waals surface area (Å²) in [5, 5.41) is 0.689. The van der Waals surface area contributed by atoms with Gasteiger partial charge in [-0.05, 0) is 49.8 Å². The van der Waals surface area contributed by atoms with Crippen molar-refractivity contribution in [1.29, 1.82) is 0 Å². The third-order valence-corrected chi connectivity index (χ3v) is 5.66. The van der Waals surface area contributed by atoms with Gasteiger partial charge in [-0.15, -0.1) is 0 Å². The van der Waals surface area contributed by atoms with Gasteiger partial charge in [0, 0.05) is 25.7 Å². The minimum absolute atomic E-state index is 0.0639. The second kappa shape index (κ2) is 7.00. The van der Waals surface area contributed by atoms with Gasteiger partial charge < -0.3 is 15.4 Å². The largest absolute Gasteiger partial charge is 0.378 e. The van der Waals surface area contributed by atoms with Crippen molar-refractivity contribution in [2.45, 2.75) is 45.7 Å². The molecule has 0 radical (unpaired) electrons. The topological polar surface area (TPSA) is 73.4 Å². The first-order chi connectivity index (χ1) is 12.5. The van der Waals surface area contributed by atoms with Gasteiger partial charge >= 0.3 is 0 Å². The fourth-order valence-electron chi connectivity index (χ4n) is 3.94. The average molecular weight is 356 g/mol. The van der Waals surface area contributed by atoms with Crippen LogP contribution < -0.4 is 16.2 Å².